The molecule has 3 rings (SSSR count). The van der Waals surface area contributed by atoms with Crippen molar-refractivity contribution in [3.05, 3.63) is 35.8 Å². The number of rotatable bonds is 3. The number of fused-ring (bicyclic) bond motifs is 1. The Morgan fingerprint density at radius 2 is 2.19 bits per heavy atom. The molecule has 0 saturated heterocycles. The monoisotopic (exact) mass is 310 g/mol. The molecule has 0 radical (unpaired) electrons. The van der Waals surface area contributed by atoms with Gasteiger partial charge in [0.25, 0.3) is 10.0 Å². The molecule has 0 amide bonds. The summed E-state index contributed by atoms with van der Waals surface area (Å²) in [5.74, 6) is -0.505. The van der Waals surface area contributed by atoms with Gasteiger partial charge in [0.15, 0.2) is 5.82 Å². The van der Waals surface area contributed by atoms with Gasteiger partial charge in [-0.2, -0.15) is 5.10 Å². The molecule has 0 unspecified atom stereocenters. The maximum Gasteiger partial charge on any atom is 0.269 e. The molecule has 112 valence electrons. The molecule has 1 aromatic heterocycles. The van der Waals surface area contributed by atoms with Crippen LogP contribution in [0.5, 0.6) is 0 Å². The number of nitrogens with two attached hydrogens (primary N) is 1. The first-order valence-corrected chi connectivity index (χ1v) is 8.01. The molecule has 2 aromatic rings. The minimum absolute atomic E-state index is 0.0401. The van der Waals surface area contributed by atoms with E-state index >= 15 is 0 Å². The highest BCUT2D eigenvalue weighted by Crippen LogP contribution is 2.34. The van der Waals surface area contributed by atoms with Crippen LogP contribution in [-0.2, 0) is 23.0 Å². The van der Waals surface area contributed by atoms with Gasteiger partial charge >= 0.3 is 0 Å². The van der Waals surface area contributed by atoms with Crippen LogP contribution in [0.4, 0.5) is 15.9 Å². The summed E-state index contributed by atoms with van der Waals surface area (Å²) in [6.07, 6.45) is 1.96. The van der Waals surface area contributed by atoms with E-state index in [-0.39, 0.29) is 17.3 Å². The highest BCUT2D eigenvalue weighted by atomic mass is 32.2. The summed E-state index contributed by atoms with van der Waals surface area (Å²) < 4.78 is 41.5. The molecule has 1 aromatic carbocycles. The van der Waals surface area contributed by atoms with Crippen molar-refractivity contribution in [3.8, 4) is 0 Å². The first kappa shape index (κ1) is 13.9. The van der Waals surface area contributed by atoms with E-state index in [4.69, 9.17) is 5.73 Å². The highest BCUT2D eigenvalue weighted by molar-refractivity contribution is 7.93. The van der Waals surface area contributed by atoms with Gasteiger partial charge in [0.2, 0.25) is 0 Å². The molecule has 6 nitrogen and oxygen atoms in total. The molecule has 2 heterocycles. The fourth-order valence-electron chi connectivity index (χ4n) is 2.47. The van der Waals surface area contributed by atoms with Crippen molar-refractivity contribution in [2.24, 2.45) is 0 Å². The third-order valence-electron chi connectivity index (χ3n) is 3.55. The standard InChI is InChI=1S/C13H15FN4O2S/c1-2-17-8-12(13(15)16-17)21(19,20)18-6-5-9-3-4-10(14)7-11(9)18/h3-4,7-8H,2,5-6H2,1H3,(H2,15,16). The smallest absolute Gasteiger partial charge is 0.269 e. The minimum atomic E-state index is -3.83. The van der Waals surface area contributed by atoms with E-state index in [1.165, 1.54) is 27.3 Å². The van der Waals surface area contributed by atoms with Crippen LogP contribution in [0.25, 0.3) is 0 Å². The lowest BCUT2D eigenvalue weighted by atomic mass is 10.2. The van der Waals surface area contributed by atoms with Crippen molar-refractivity contribution in [1.29, 1.82) is 0 Å². The van der Waals surface area contributed by atoms with Crippen LogP contribution >= 0.6 is 0 Å². The zero-order valence-corrected chi connectivity index (χ0v) is 12.3. The Kier molecular flexibility index (Phi) is 3.12. The molecule has 0 saturated carbocycles. The molecule has 0 bridgehead atoms. The third kappa shape index (κ3) is 2.15. The Morgan fingerprint density at radius 1 is 1.43 bits per heavy atom. The van der Waals surface area contributed by atoms with Gasteiger partial charge in [-0.3, -0.25) is 8.99 Å². The van der Waals surface area contributed by atoms with E-state index in [9.17, 15) is 12.8 Å². The van der Waals surface area contributed by atoms with Gasteiger partial charge in [0, 0.05) is 19.3 Å². The second-order valence-electron chi connectivity index (χ2n) is 4.83. The Hall–Kier alpha value is -2.09. The summed E-state index contributed by atoms with van der Waals surface area (Å²) in [6, 6.07) is 4.18. The SMILES string of the molecule is CCn1cc(S(=O)(=O)N2CCc3ccc(F)cc32)c(N)n1. The third-order valence-corrected chi connectivity index (χ3v) is 5.38. The van der Waals surface area contributed by atoms with Crippen LogP contribution in [0.15, 0.2) is 29.3 Å². The zero-order chi connectivity index (χ0) is 15.2. The van der Waals surface area contributed by atoms with Gasteiger partial charge in [0.1, 0.15) is 10.7 Å². The van der Waals surface area contributed by atoms with Gasteiger partial charge in [-0.05, 0) is 31.0 Å². The number of benzene rings is 1. The summed E-state index contributed by atoms with van der Waals surface area (Å²) >= 11 is 0. The van der Waals surface area contributed by atoms with Gasteiger partial charge in [-0.15, -0.1) is 0 Å². The molecule has 0 atom stereocenters. The van der Waals surface area contributed by atoms with Crippen LogP contribution in [0.1, 0.15) is 12.5 Å². The summed E-state index contributed by atoms with van der Waals surface area (Å²) in [7, 11) is -3.83. The van der Waals surface area contributed by atoms with E-state index in [2.05, 4.69) is 5.10 Å². The quantitative estimate of drug-likeness (QED) is 0.928. The van der Waals surface area contributed by atoms with Crippen molar-refractivity contribution in [3.63, 3.8) is 0 Å². The maximum atomic E-state index is 13.4. The average Bonchev–Trinajstić information content (AvgIpc) is 3.02. The lowest BCUT2D eigenvalue weighted by Crippen LogP contribution is -2.29. The van der Waals surface area contributed by atoms with Gasteiger partial charge in [0.05, 0.1) is 5.69 Å². The molecule has 21 heavy (non-hydrogen) atoms. The predicted molar refractivity (Wildman–Crippen MR) is 76.9 cm³/mol. The van der Waals surface area contributed by atoms with E-state index in [1.807, 2.05) is 6.92 Å². The number of sulfonamides is 1. The molecule has 8 heteroatoms. The number of halogens is 1. The van der Waals surface area contributed by atoms with Crippen molar-refractivity contribution in [1.82, 2.24) is 9.78 Å². The van der Waals surface area contributed by atoms with Crippen molar-refractivity contribution < 1.29 is 12.8 Å². The van der Waals surface area contributed by atoms with Crippen LogP contribution in [0.3, 0.4) is 0 Å². The molecular formula is C13H15FN4O2S. The number of nitrogen functional groups attached to an aromatic ring is 1. The number of aryl methyl sites for hydroxylation is 1. The average molecular weight is 310 g/mol. The fourth-order valence-corrected chi connectivity index (χ4v) is 4.03. The summed E-state index contributed by atoms with van der Waals surface area (Å²) in [4.78, 5) is -0.0403. The van der Waals surface area contributed by atoms with Crippen LogP contribution in [-0.4, -0.2) is 24.7 Å². The molecular weight excluding hydrogens is 295 g/mol. The van der Waals surface area contributed by atoms with E-state index in [0.29, 0.717) is 18.7 Å². The van der Waals surface area contributed by atoms with Crippen molar-refractivity contribution in [2.45, 2.75) is 24.8 Å². The van der Waals surface area contributed by atoms with Crippen molar-refractivity contribution in [2.75, 3.05) is 16.6 Å². The Morgan fingerprint density at radius 3 is 2.86 bits per heavy atom. The second-order valence-corrected chi connectivity index (χ2v) is 6.67. The number of hydrogen-bond acceptors (Lipinski definition) is 4. The molecule has 1 aliphatic heterocycles. The topological polar surface area (TPSA) is 81.2 Å². The number of aromatic nitrogens is 2. The Balaban J connectivity index is 2.09. The molecule has 2 N–H and O–H groups in total. The Labute approximate surface area is 122 Å². The first-order chi connectivity index (χ1) is 9.93. The first-order valence-electron chi connectivity index (χ1n) is 6.57. The normalized spacial score (nSPS) is 14.5. The second kappa shape index (κ2) is 4.73. The maximum absolute atomic E-state index is 13.4. The van der Waals surface area contributed by atoms with E-state index in [1.54, 1.807) is 6.07 Å². The van der Waals surface area contributed by atoms with Crippen molar-refractivity contribution >= 4 is 21.5 Å². The molecule has 0 aliphatic carbocycles. The summed E-state index contributed by atoms with van der Waals surface area (Å²) in [5, 5.41) is 3.95. The largest absolute Gasteiger partial charge is 0.381 e. The Bertz CT molecular complexity index is 800. The lowest BCUT2D eigenvalue weighted by Gasteiger charge is -2.18. The molecule has 1 aliphatic rings. The number of anilines is 2. The summed E-state index contributed by atoms with van der Waals surface area (Å²) in [6.45, 7) is 2.63. The highest BCUT2D eigenvalue weighted by Gasteiger charge is 2.33. The van der Waals surface area contributed by atoms with Gasteiger partial charge in [-0.25, -0.2) is 12.8 Å². The zero-order valence-electron chi connectivity index (χ0n) is 11.5. The summed E-state index contributed by atoms with van der Waals surface area (Å²) in [5.41, 5.74) is 6.89. The fraction of sp³-hybridized carbons (Fsp3) is 0.308. The van der Waals surface area contributed by atoms with E-state index < -0.39 is 15.8 Å². The predicted octanol–water partition coefficient (Wildman–Crippen LogP) is 1.38. The molecule has 0 fully saturated rings. The molecule has 0 spiro atoms. The van der Waals surface area contributed by atoms with Crippen LogP contribution in [0.2, 0.25) is 0 Å². The minimum Gasteiger partial charge on any atom is -0.381 e. The number of nitrogens with zero attached hydrogens (tertiary/aromatic N) is 3. The van der Waals surface area contributed by atoms with Crippen LogP contribution in [0, 0.1) is 5.82 Å². The van der Waals surface area contributed by atoms with E-state index in [0.717, 1.165) is 5.56 Å². The van der Waals surface area contributed by atoms with Crippen LogP contribution < -0.4 is 10.0 Å². The van der Waals surface area contributed by atoms with Gasteiger partial charge < -0.3 is 5.73 Å². The van der Waals surface area contributed by atoms with Gasteiger partial charge in [-0.1, -0.05) is 6.07 Å². The lowest BCUT2D eigenvalue weighted by molar-refractivity contribution is 0.591. The number of hydrogen-bond donors (Lipinski definition) is 1.